The summed E-state index contributed by atoms with van der Waals surface area (Å²) in [6.07, 6.45) is -7.68. The third kappa shape index (κ3) is 3.83. The summed E-state index contributed by atoms with van der Waals surface area (Å²) in [7, 11) is 0. The van der Waals surface area contributed by atoms with Crippen molar-refractivity contribution in [3.05, 3.63) is 35.1 Å². The highest BCUT2D eigenvalue weighted by Crippen LogP contribution is 2.32. The lowest BCUT2D eigenvalue weighted by molar-refractivity contribution is -0.137. The predicted molar refractivity (Wildman–Crippen MR) is 57.7 cm³/mol. The molecule has 1 aromatic rings. The van der Waals surface area contributed by atoms with Gasteiger partial charge in [0.15, 0.2) is 0 Å². The fraction of sp³-hybridized carbons (Fsp3) is 0.455. The molecule has 0 aliphatic carbocycles. The number of aliphatic hydroxyl groups excluding tert-OH is 2. The zero-order chi connectivity index (χ0) is 13.9. The molecule has 0 saturated heterocycles. The Morgan fingerprint density at radius 2 is 1.78 bits per heavy atom. The van der Waals surface area contributed by atoms with Gasteiger partial charge in [0.1, 0.15) is 11.9 Å². The lowest BCUT2D eigenvalue weighted by Gasteiger charge is -2.18. The number of benzene rings is 1. The SMILES string of the molecule is OC(CCCl)C(O)c1cc(F)cc(C(F)(F)F)c1. The van der Waals surface area contributed by atoms with Crippen LogP contribution in [0.4, 0.5) is 17.6 Å². The molecule has 0 amide bonds. The molecular weight excluding hydrogens is 276 g/mol. The normalized spacial score (nSPS) is 15.5. The molecule has 2 atom stereocenters. The molecule has 18 heavy (non-hydrogen) atoms. The van der Waals surface area contributed by atoms with Crippen LogP contribution in [0.15, 0.2) is 18.2 Å². The van der Waals surface area contributed by atoms with Crippen LogP contribution in [-0.4, -0.2) is 22.2 Å². The van der Waals surface area contributed by atoms with Gasteiger partial charge >= 0.3 is 6.18 Å². The van der Waals surface area contributed by atoms with Crippen LogP contribution in [0.2, 0.25) is 0 Å². The molecule has 0 aromatic heterocycles. The Balaban J connectivity index is 3.06. The van der Waals surface area contributed by atoms with Gasteiger partial charge in [0.25, 0.3) is 0 Å². The lowest BCUT2D eigenvalue weighted by Crippen LogP contribution is -2.19. The van der Waals surface area contributed by atoms with Crippen molar-refractivity contribution in [1.29, 1.82) is 0 Å². The number of halogens is 5. The van der Waals surface area contributed by atoms with Gasteiger partial charge in [-0.15, -0.1) is 11.6 Å². The summed E-state index contributed by atoms with van der Waals surface area (Å²) in [6, 6.07) is 1.67. The fourth-order valence-electron chi connectivity index (χ4n) is 1.44. The number of hydrogen-bond acceptors (Lipinski definition) is 2. The second-order valence-electron chi connectivity index (χ2n) is 3.76. The Kier molecular flexibility index (Phi) is 4.95. The van der Waals surface area contributed by atoms with E-state index < -0.39 is 29.8 Å². The minimum Gasteiger partial charge on any atom is -0.390 e. The molecule has 2 unspecified atom stereocenters. The Bertz CT molecular complexity index is 409. The van der Waals surface area contributed by atoms with Crippen LogP contribution in [0.1, 0.15) is 23.7 Å². The van der Waals surface area contributed by atoms with Gasteiger partial charge in [-0.25, -0.2) is 4.39 Å². The molecule has 1 aromatic carbocycles. The molecule has 0 bridgehead atoms. The third-order valence-electron chi connectivity index (χ3n) is 2.36. The van der Waals surface area contributed by atoms with Crippen molar-refractivity contribution in [3.63, 3.8) is 0 Å². The molecule has 7 heteroatoms. The van der Waals surface area contributed by atoms with Gasteiger partial charge in [0, 0.05) is 5.88 Å². The fourth-order valence-corrected chi connectivity index (χ4v) is 1.66. The maximum Gasteiger partial charge on any atom is 0.416 e. The van der Waals surface area contributed by atoms with Crippen molar-refractivity contribution in [2.45, 2.75) is 24.8 Å². The summed E-state index contributed by atoms with van der Waals surface area (Å²) in [5.41, 5.74) is -1.55. The first-order chi connectivity index (χ1) is 8.25. The largest absolute Gasteiger partial charge is 0.416 e. The van der Waals surface area contributed by atoms with Gasteiger partial charge in [-0.2, -0.15) is 13.2 Å². The molecule has 0 aliphatic rings. The van der Waals surface area contributed by atoms with Crippen molar-refractivity contribution >= 4 is 11.6 Å². The number of rotatable bonds is 4. The summed E-state index contributed by atoms with van der Waals surface area (Å²) in [4.78, 5) is 0. The van der Waals surface area contributed by atoms with E-state index in [1.165, 1.54) is 0 Å². The van der Waals surface area contributed by atoms with Crippen molar-refractivity contribution in [1.82, 2.24) is 0 Å². The molecule has 0 fully saturated rings. The zero-order valence-corrected chi connectivity index (χ0v) is 9.84. The van der Waals surface area contributed by atoms with E-state index >= 15 is 0 Å². The molecule has 0 saturated carbocycles. The Hall–Kier alpha value is -0.850. The Morgan fingerprint density at radius 3 is 2.28 bits per heavy atom. The van der Waals surface area contributed by atoms with Gasteiger partial charge < -0.3 is 10.2 Å². The molecule has 0 radical (unpaired) electrons. The Morgan fingerprint density at radius 1 is 1.17 bits per heavy atom. The zero-order valence-electron chi connectivity index (χ0n) is 9.09. The second-order valence-corrected chi connectivity index (χ2v) is 4.14. The van der Waals surface area contributed by atoms with Gasteiger partial charge in [0.2, 0.25) is 0 Å². The van der Waals surface area contributed by atoms with Gasteiger partial charge in [-0.1, -0.05) is 0 Å². The summed E-state index contributed by atoms with van der Waals surface area (Å²) in [6.45, 7) is 0. The van der Waals surface area contributed by atoms with Crippen LogP contribution in [0.5, 0.6) is 0 Å². The minimum atomic E-state index is -4.71. The third-order valence-corrected chi connectivity index (χ3v) is 2.58. The summed E-state index contributed by atoms with van der Waals surface area (Å²) >= 11 is 5.34. The van der Waals surface area contributed by atoms with Crippen LogP contribution in [0.25, 0.3) is 0 Å². The number of alkyl halides is 4. The van der Waals surface area contributed by atoms with Crippen molar-refractivity contribution in [2.24, 2.45) is 0 Å². The second kappa shape index (κ2) is 5.86. The topological polar surface area (TPSA) is 40.5 Å². The van der Waals surface area contributed by atoms with E-state index in [4.69, 9.17) is 11.6 Å². The van der Waals surface area contributed by atoms with Crippen LogP contribution in [0.3, 0.4) is 0 Å². The van der Waals surface area contributed by atoms with E-state index in [1.807, 2.05) is 0 Å². The first-order valence-electron chi connectivity index (χ1n) is 5.05. The van der Waals surface area contributed by atoms with Crippen molar-refractivity contribution < 1.29 is 27.8 Å². The molecule has 2 nitrogen and oxygen atoms in total. The van der Waals surface area contributed by atoms with Gasteiger partial charge in [-0.05, 0) is 30.2 Å². The molecular formula is C11H11ClF4O2. The lowest BCUT2D eigenvalue weighted by atomic mass is 10.00. The number of hydrogen-bond donors (Lipinski definition) is 2. The van der Waals surface area contributed by atoms with Crippen molar-refractivity contribution in [3.8, 4) is 0 Å². The summed E-state index contributed by atoms with van der Waals surface area (Å²) in [5.74, 6) is -1.10. The smallest absolute Gasteiger partial charge is 0.390 e. The molecule has 102 valence electrons. The monoisotopic (exact) mass is 286 g/mol. The Labute approximate surface area is 106 Å². The van der Waals surface area contributed by atoms with E-state index in [-0.39, 0.29) is 17.9 Å². The maximum atomic E-state index is 13.0. The summed E-state index contributed by atoms with van der Waals surface area (Å²) < 4.78 is 50.3. The molecule has 0 heterocycles. The van der Waals surface area contributed by atoms with E-state index in [9.17, 15) is 27.8 Å². The standard InChI is InChI=1S/C11H11ClF4O2/c12-2-1-9(17)10(18)6-3-7(11(14,15)16)5-8(13)4-6/h3-5,9-10,17-18H,1-2H2. The van der Waals surface area contributed by atoms with E-state index in [0.29, 0.717) is 12.1 Å². The predicted octanol–water partition coefficient (Wildman–Crippen LogP) is 2.87. The van der Waals surface area contributed by atoms with E-state index in [2.05, 4.69) is 0 Å². The quantitative estimate of drug-likeness (QED) is 0.660. The number of aliphatic hydroxyl groups is 2. The maximum absolute atomic E-state index is 13.0. The molecule has 0 spiro atoms. The minimum absolute atomic E-state index is 0.0133. The van der Waals surface area contributed by atoms with Crippen LogP contribution in [-0.2, 0) is 6.18 Å². The summed E-state index contributed by atoms with van der Waals surface area (Å²) in [5, 5.41) is 19.0. The van der Waals surface area contributed by atoms with E-state index in [0.717, 1.165) is 6.07 Å². The van der Waals surface area contributed by atoms with Gasteiger partial charge in [0.05, 0.1) is 11.7 Å². The first kappa shape index (κ1) is 15.2. The molecule has 0 aliphatic heterocycles. The average molecular weight is 287 g/mol. The first-order valence-corrected chi connectivity index (χ1v) is 5.59. The van der Waals surface area contributed by atoms with Crippen LogP contribution < -0.4 is 0 Å². The van der Waals surface area contributed by atoms with Crippen LogP contribution >= 0.6 is 11.6 Å². The highest BCUT2D eigenvalue weighted by atomic mass is 35.5. The van der Waals surface area contributed by atoms with E-state index in [1.54, 1.807) is 0 Å². The average Bonchev–Trinajstić information content (AvgIpc) is 2.26. The molecule has 2 N–H and O–H groups in total. The van der Waals surface area contributed by atoms with Crippen LogP contribution in [0, 0.1) is 5.82 Å². The molecule has 1 rings (SSSR count). The highest BCUT2D eigenvalue weighted by Gasteiger charge is 2.32. The van der Waals surface area contributed by atoms with Gasteiger partial charge in [-0.3, -0.25) is 0 Å². The highest BCUT2D eigenvalue weighted by molar-refractivity contribution is 6.17. The van der Waals surface area contributed by atoms with Crippen molar-refractivity contribution in [2.75, 3.05) is 5.88 Å².